The van der Waals surface area contributed by atoms with Gasteiger partial charge in [0.2, 0.25) is 0 Å². The Balaban J connectivity index is 1.98. The molecule has 0 amide bonds. The maximum atomic E-state index is 8.69. The van der Waals surface area contributed by atoms with Crippen LogP contribution in [0.25, 0.3) is 0 Å². The summed E-state index contributed by atoms with van der Waals surface area (Å²) in [7, 11) is 1.54. The number of oxime groups is 1. The van der Waals surface area contributed by atoms with Crippen molar-refractivity contribution in [2.45, 2.75) is 0 Å². The fourth-order valence-corrected chi connectivity index (χ4v) is 2.06. The molecule has 0 unspecified atom stereocenters. The van der Waals surface area contributed by atoms with Crippen LogP contribution in [0.1, 0.15) is 5.56 Å². The summed E-state index contributed by atoms with van der Waals surface area (Å²) in [6.07, 6.45) is 1.28. The Morgan fingerprint density at radius 1 is 1.05 bits per heavy atom. The van der Waals surface area contributed by atoms with Gasteiger partial charge in [-0.3, -0.25) is 0 Å². The molecule has 0 heterocycles. The van der Waals surface area contributed by atoms with Crippen LogP contribution in [0, 0.1) is 0 Å². The van der Waals surface area contributed by atoms with Gasteiger partial charge in [-0.05, 0) is 24.3 Å². The van der Waals surface area contributed by atoms with Crippen LogP contribution in [-0.4, -0.2) is 31.7 Å². The van der Waals surface area contributed by atoms with Crippen molar-refractivity contribution in [1.82, 2.24) is 0 Å². The Morgan fingerprint density at radius 3 is 2.50 bits per heavy atom. The van der Waals surface area contributed by atoms with Crippen molar-refractivity contribution in [1.29, 1.82) is 0 Å². The summed E-state index contributed by atoms with van der Waals surface area (Å²) in [4.78, 5) is 0. The predicted octanol–water partition coefficient (Wildman–Crippen LogP) is 3.61. The molecule has 1 N–H and O–H groups in total. The van der Waals surface area contributed by atoms with Crippen molar-refractivity contribution >= 4 is 17.8 Å². The third kappa shape index (κ3) is 4.05. The summed E-state index contributed by atoms with van der Waals surface area (Å²) in [5.41, 5.74) is 0.611. The summed E-state index contributed by atoms with van der Waals surface area (Å²) in [6, 6.07) is 12.5. The third-order valence-electron chi connectivity index (χ3n) is 2.85. The molecule has 0 aromatic heterocycles. The van der Waals surface area contributed by atoms with Gasteiger partial charge >= 0.3 is 0 Å². The van der Waals surface area contributed by atoms with Gasteiger partial charge in [0.1, 0.15) is 19.0 Å². The number of nitrogens with zero attached hydrogens (tertiary/aromatic N) is 1. The van der Waals surface area contributed by atoms with E-state index in [1.807, 2.05) is 12.1 Å². The molecular weight excluding hydrogens is 306 g/mol. The number of hydrogen-bond acceptors (Lipinski definition) is 5. The highest BCUT2D eigenvalue weighted by Gasteiger charge is 2.09. The molecule has 116 valence electrons. The van der Waals surface area contributed by atoms with E-state index < -0.39 is 0 Å². The first-order valence-corrected chi connectivity index (χ1v) is 6.98. The average molecular weight is 322 g/mol. The van der Waals surface area contributed by atoms with Gasteiger partial charge in [0.15, 0.2) is 11.5 Å². The molecule has 0 aliphatic carbocycles. The first-order chi connectivity index (χ1) is 10.8. The van der Waals surface area contributed by atoms with Gasteiger partial charge in [0, 0.05) is 5.56 Å². The zero-order valence-electron chi connectivity index (χ0n) is 12.0. The highest BCUT2D eigenvalue weighted by atomic mass is 35.5. The Hall–Kier alpha value is -2.40. The first-order valence-electron chi connectivity index (χ1n) is 6.61. The number of hydrogen-bond donors (Lipinski definition) is 1. The minimum Gasteiger partial charge on any atom is -0.493 e. The van der Waals surface area contributed by atoms with Gasteiger partial charge in [0.05, 0.1) is 18.3 Å². The summed E-state index contributed by atoms with van der Waals surface area (Å²) >= 11 is 6.00. The van der Waals surface area contributed by atoms with E-state index >= 15 is 0 Å². The van der Waals surface area contributed by atoms with E-state index in [-0.39, 0.29) is 6.61 Å². The molecule has 0 spiro atoms. The summed E-state index contributed by atoms with van der Waals surface area (Å²) in [6.45, 7) is 0.607. The maximum Gasteiger partial charge on any atom is 0.170 e. The van der Waals surface area contributed by atoms with Crippen molar-refractivity contribution < 1.29 is 19.4 Å². The van der Waals surface area contributed by atoms with Crippen LogP contribution in [0.5, 0.6) is 17.2 Å². The molecule has 0 saturated carbocycles. The predicted molar refractivity (Wildman–Crippen MR) is 84.8 cm³/mol. The standard InChI is InChI=1S/C16H16ClNO4/c1-20-15-8-4-5-12(11-18-19)16(15)22-10-9-21-14-7-3-2-6-13(14)17/h2-8,11,19H,9-10H2,1H3. The van der Waals surface area contributed by atoms with Crippen molar-refractivity contribution in [2.75, 3.05) is 20.3 Å². The van der Waals surface area contributed by atoms with Gasteiger partial charge in [-0.25, -0.2) is 0 Å². The number of para-hydroxylation sites is 2. The Kier molecular flexibility index (Phi) is 5.91. The lowest BCUT2D eigenvalue weighted by Gasteiger charge is -2.13. The molecular formula is C16H16ClNO4. The minimum absolute atomic E-state index is 0.290. The molecule has 2 aromatic carbocycles. The van der Waals surface area contributed by atoms with E-state index in [9.17, 15) is 0 Å². The molecule has 2 rings (SSSR count). The first kappa shape index (κ1) is 16.0. The molecule has 6 heteroatoms. The van der Waals surface area contributed by atoms with E-state index in [1.165, 1.54) is 6.21 Å². The number of halogens is 1. The Morgan fingerprint density at radius 2 is 1.77 bits per heavy atom. The quantitative estimate of drug-likeness (QED) is 0.366. The average Bonchev–Trinajstić information content (AvgIpc) is 2.54. The summed E-state index contributed by atoms with van der Waals surface area (Å²) in [5.74, 6) is 1.64. The minimum atomic E-state index is 0.290. The topological polar surface area (TPSA) is 60.3 Å². The van der Waals surface area contributed by atoms with Crippen LogP contribution in [0.3, 0.4) is 0 Å². The second-order valence-corrected chi connectivity index (χ2v) is 4.66. The lowest BCUT2D eigenvalue weighted by atomic mass is 10.2. The van der Waals surface area contributed by atoms with E-state index in [0.717, 1.165) is 0 Å². The summed E-state index contributed by atoms with van der Waals surface area (Å²) in [5, 5.41) is 12.3. The zero-order chi connectivity index (χ0) is 15.8. The number of ether oxygens (including phenoxy) is 3. The van der Waals surface area contributed by atoms with E-state index in [0.29, 0.717) is 34.4 Å². The second kappa shape index (κ2) is 8.14. The molecule has 0 aliphatic heterocycles. The fourth-order valence-electron chi connectivity index (χ4n) is 1.87. The van der Waals surface area contributed by atoms with E-state index in [4.69, 9.17) is 31.0 Å². The maximum absolute atomic E-state index is 8.69. The summed E-state index contributed by atoms with van der Waals surface area (Å²) < 4.78 is 16.5. The smallest absolute Gasteiger partial charge is 0.170 e. The van der Waals surface area contributed by atoms with Gasteiger partial charge in [-0.2, -0.15) is 0 Å². The second-order valence-electron chi connectivity index (χ2n) is 4.25. The molecule has 0 atom stereocenters. The van der Waals surface area contributed by atoms with Crippen LogP contribution in [0.4, 0.5) is 0 Å². The Labute approximate surface area is 133 Å². The number of methoxy groups -OCH3 is 1. The SMILES string of the molecule is COc1cccc(C=NO)c1OCCOc1ccccc1Cl. The van der Waals surface area contributed by atoms with Crippen LogP contribution in [0.15, 0.2) is 47.6 Å². The van der Waals surface area contributed by atoms with E-state index in [1.54, 1.807) is 37.4 Å². The lowest BCUT2D eigenvalue weighted by molar-refractivity contribution is 0.211. The number of benzene rings is 2. The molecule has 0 fully saturated rings. The molecule has 0 bridgehead atoms. The normalized spacial score (nSPS) is 10.6. The monoisotopic (exact) mass is 321 g/mol. The van der Waals surface area contributed by atoms with Crippen molar-refractivity contribution in [3.05, 3.63) is 53.1 Å². The van der Waals surface area contributed by atoms with Gasteiger partial charge < -0.3 is 19.4 Å². The van der Waals surface area contributed by atoms with Gasteiger partial charge in [-0.15, -0.1) is 0 Å². The van der Waals surface area contributed by atoms with Crippen molar-refractivity contribution in [3.8, 4) is 17.2 Å². The van der Waals surface area contributed by atoms with E-state index in [2.05, 4.69) is 5.16 Å². The molecule has 0 radical (unpaired) electrons. The molecule has 0 saturated heterocycles. The van der Waals surface area contributed by atoms with Gasteiger partial charge in [-0.1, -0.05) is 35.0 Å². The molecule has 0 aliphatic rings. The van der Waals surface area contributed by atoms with Crippen LogP contribution >= 0.6 is 11.6 Å². The zero-order valence-corrected chi connectivity index (χ0v) is 12.8. The molecule has 22 heavy (non-hydrogen) atoms. The Bertz CT molecular complexity index is 646. The van der Waals surface area contributed by atoms with Crippen molar-refractivity contribution in [2.24, 2.45) is 5.16 Å². The van der Waals surface area contributed by atoms with Crippen LogP contribution in [0.2, 0.25) is 5.02 Å². The van der Waals surface area contributed by atoms with Gasteiger partial charge in [0.25, 0.3) is 0 Å². The van der Waals surface area contributed by atoms with Crippen LogP contribution < -0.4 is 14.2 Å². The molecule has 5 nitrogen and oxygen atoms in total. The van der Waals surface area contributed by atoms with Crippen molar-refractivity contribution in [3.63, 3.8) is 0 Å². The lowest BCUT2D eigenvalue weighted by Crippen LogP contribution is -2.11. The third-order valence-corrected chi connectivity index (χ3v) is 3.16. The fraction of sp³-hybridized carbons (Fsp3) is 0.188. The molecule has 2 aromatic rings. The highest BCUT2D eigenvalue weighted by molar-refractivity contribution is 6.32. The largest absolute Gasteiger partial charge is 0.493 e. The van der Waals surface area contributed by atoms with Crippen LogP contribution in [-0.2, 0) is 0 Å². The highest BCUT2D eigenvalue weighted by Crippen LogP contribution is 2.30. The number of rotatable bonds is 7.